The van der Waals surface area contributed by atoms with Gasteiger partial charge in [0.05, 0.1) is 4.75 Å². The first-order chi connectivity index (χ1) is 4.50. The van der Waals surface area contributed by atoms with Crippen LogP contribution < -0.4 is 0 Å². The number of rotatable bonds is 1. The fraction of sp³-hybridized carbons (Fsp3) is 0.500. The number of furan rings is 1. The summed E-state index contributed by atoms with van der Waals surface area (Å²) in [5, 5.41) is 0. The second-order valence-corrected chi connectivity index (χ2v) is 4.09. The Balaban J connectivity index is 2.96. The quantitative estimate of drug-likeness (QED) is 0.617. The molecule has 0 aliphatic rings. The van der Waals surface area contributed by atoms with Crippen molar-refractivity contribution in [2.24, 2.45) is 0 Å². The Morgan fingerprint density at radius 3 is 2.20 bits per heavy atom. The lowest BCUT2D eigenvalue weighted by Gasteiger charge is -2.12. The largest absolute Gasteiger partial charge is 0.465 e. The van der Waals surface area contributed by atoms with Gasteiger partial charge in [0, 0.05) is 0 Å². The third kappa shape index (κ3) is 1.57. The van der Waals surface area contributed by atoms with Crippen LogP contribution in [0.1, 0.15) is 25.4 Å². The molecule has 0 unspecified atom stereocenters. The van der Waals surface area contributed by atoms with E-state index in [0.29, 0.717) is 0 Å². The normalized spacial score (nSPS) is 12.0. The van der Waals surface area contributed by atoms with Crippen LogP contribution in [0.15, 0.2) is 16.5 Å². The summed E-state index contributed by atoms with van der Waals surface area (Å²) in [5.41, 5.74) is 0. The van der Waals surface area contributed by atoms with Crippen molar-refractivity contribution in [3.8, 4) is 0 Å². The number of thiol groups is 1. The zero-order valence-corrected chi connectivity index (χ0v) is 7.40. The van der Waals surface area contributed by atoms with Gasteiger partial charge in [-0.05, 0) is 32.9 Å². The van der Waals surface area contributed by atoms with E-state index in [1.807, 2.05) is 32.9 Å². The topological polar surface area (TPSA) is 13.1 Å². The van der Waals surface area contributed by atoms with Crippen molar-refractivity contribution in [2.75, 3.05) is 0 Å². The first kappa shape index (κ1) is 7.73. The molecule has 0 radical (unpaired) electrons. The van der Waals surface area contributed by atoms with Crippen LogP contribution in [-0.2, 0) is 4.75 Å². The fourth-order valence-corrected chi connectivity index (χ4v) is 0.884. The molecule has 0 saturated heterocycles. The number of hydrogen-bond acceptors (Lipinski definition) is 2. The second kappa shape index (κ2) is 2.35. The summed E-state index contributed by atoms with van der Waals surface area (Å²) < 4.78 is 5.21. The summed E-state index contributed by atoms with van der Waals surface area (Å²) in [6.45, 7) is 5.95. The number of aryl methyl sites for hydroxylation is 1. The maximum Gasteiger partial charge on any atom is 0.119 e. The van der Waals surface area contributed by atoms with Crippen molar-refractivity contribution in [3.63, 3.8) is 0 Å². The summed E-state index contributed by atoms with van der Waals surface area (Å²) in [4.78, 5) is 0. The summed E-state index contributed by atoms with van der Waals surface area (Å²) in [6.07, 6.45) is 0. The van der Waals surface area contributed by atoms with Crippen molar-refractivity contribution >= 4 is 12.6 Å². The molecular formula is C8H12OS. The van der Waals surface area contributed by atoms with Crippen molar-refractivity contribution in [2.45, 2.75) is 25.5 Å². The average Bonchev–Trinajstić information content (AvgIpc) is 2.11. The molecule has 0 N–H and O–H groups in total. The second-order valence-electron chi connectivity index (χ2n) is 2.97. The van der Waals surface area contributed by atoms with Gasteiger partial charge in [0.25, 0.3) is 0 Å². The van der Waals surface area contributed by atoms with Gasteiger partial charge in [-0.15, -0.1) is 0 Å². The Bertz CT molecular complexity index is 219. The van der Waals surface area contributed by atoms with Gasteiger partial charge in [-0.25, -0.2) is 0 Å². The van der Waals surface area contributed by atoms with Crippen LogP contribution in [-0.4, -0.2) is 0 Å². The first-order valence-corrected chi connectivity index (χ1v) is 3.74. The van der Waals surface area contributed by atoms with E-state index in [1.165, 1.54) is 0 Å². The highest BCUT2D eigenvalue weighted by atomic mass is 32.1. The van der Waals surface area contributed by atoms with Crippen molar-refractivity contribution < 1.29 is 4.42 Å². The monoisotopic (exact) mass is 156 g/mol. The van der Waals surface area contributed by atoms with Crippen LogP contribution in [0.4, 0.5) is 0 Å². The van der Waals surface area contributed by atoms with Gasteiger partial charge in [-0.3, -0.25) is 0 Å². The minimum absolute atomic E-state index is 0.158. The Hall–Kier alpha value is -0.370. The highest BCUT2D eigenvalue weighted by Crippen LogP contribution is 2.28. The minimum Gasteiger partial charge on any atom is -0.465 e. The van der Waals surface area contributed by atoms with Gasteiger partial charge < -0.3 is 4.42 Å². The molecule has 0 spiro atoms. The summed E-state index contributed by atoms with van der Waals surface area (Å²) in [5.74, 6) is 1.87. The smallest absolute Gasteiger partial charge is 0.119 e. The molecule has 0 amide bonds. The average molecular weight is 156 g/mol. The Morgan fingerprint density at radius 2 is 2.00 bits per heavy atom. The lowest BCUT2D eigenvalue weighted by Crippen LogP contribution is -2.05. The standard InChI is InChI=1S/C8H12OS/c1-6-4-5-7(9-6)8(2,3)10/h4-5,10H,1-3H3. The third-order valence-corrected chi connectivity index (χ3v) is 1.56. The molecule has 1 heterocycles. The molecule has 56 valence electrons. The zero-order valence-electron chi connectivity index (χ0n) is 6.51. The van der Waals surface area contributed by atoms with Crippen molar-refractivity contribution in [1.29, 1.82) is 0 Å². The zero-order chi connectivity index (χ0) is 7.78. The molecule has 0 fully saturated rings. The first-order valence-electron chi connectivity index (χ1n) is 3.29. The highest BCUT2D eigenvalue weighted by Gasteiger charge is 2.17. The summed E-state index contributed by atoms with van der Waals surface area (Å²) in [7, 11) is 0. The molecule has 0 saturated carbocycles. The molecule has 0 atom stereocenters. The van der Waals surface area contributed by atoms with E-state index in [-0.39, 0.29) is 4.75 Å². The molecule has 1 rings (SSSR count). The van der Waals surface area contributed by atoms with E-state index >= 15 is 0 Å². The molecule has 10 heavy (non-hydrogen) atoms. The van der Waals surface area contributed by atoms with E-state index in [0.717, 1.165) is 11.5 Å². The minimum atomic E-state index is -0.158. The van der Waals surface area contributed by atoms with Gasteiger partial charge in [0.2, 0.25) is 0 Å². The predicted octanol–water partition coefficient (Wildman–Crippen LogP) is 2.75. The van der Waals surface area contributed by atoms with Crippen LogP contribution in [0.5, 0.6) is 0 Å². The van der Waals surface area contributed by atoms with Crippen LogP contribution in [0, 0.1) is 6.92 Å². The molecular weight excluding hydrogens is 144 g/mol. The van der Waals surface area contributed by atoms with Gasteiger partial charge in [-0.1, -0.05) is 0 Å². The molecule has 2 heteroatoms. The van der Waals surface area contributed by atoms with Crippen LogP contribution in [0.25, 0.3) is 0 Å². The highest BCUT2D eigenvalue weighted by molar-refractivity contribution is 7.81. The maximum absolute atomic E-state index is 5.37. The molecule has 1 aromatic heterocycles. The Kier molecular flexibility index (Phi) is 1.82. The molecule has 0 aliphatic carbocycles. The number of hydrogen-bond donors (Lipinski definition) is 1. The molecule has 0 aromatic carbocycles. The lowest BCUT2D eigenvalue weighted by atomic mass is 10.1. The van der Waals surface area contributed by atoms with Crippen molar-refractivity contribution in [3.05, 3.63) is 23.7 Å². The molecule has 1 aromatic rings. The maximum atomic E-state index is 5.37. The lowest BCUT2D eigenvalue weighted by molar-refractivity contribution is 0.449. The SMILES string of the molecule is Cc1ccc(C(C)(C)S)o1. The van der Waals surface area contributed by atoms with Crippen LogP contribution in [0.3, 0.4) is 0 Å². The fourth-order valence-electron chi connectivity index (χ4n) is 0.763. The predicted molar refractivity (Wildman–Crippen MR) is 45.5 cm³/mol. The van der Waals surface area contributed by atoms with E-state index in [1.54, 1.807) is 0 Å². The van der Waals surface area contributed by atoms with Crippen LogP contribution >= 0.6 is 12.6 Å². The van der Waals surface area contributed by atoms with Gasteiger partial charge >= 0.3 is 0 Å². The van der Waals surface area contributed by atoms with Gasteiger partial charge in [-0.2, -0.15) is 12.6 Å². The van der Waals surface area contributed by atoms with Crippen LogP contribution in [0.2, 0.25) is 0 Å². The third-order valence-electron chi connectivity index (χ3n) is 1.34. The van der Waals surface area contributed by atoms with Gasteiger partial charge in [0.1, 0.15) is 11.5 Å². The van der Waals surface area contributed by atoms with E-state index in [9.17, 15) is 0 Å². The molecule has 0 bridgehead atoms. The van der Waals surface area contributed by atoms with Gasteiger partial charge in [0.15, 0.2) is 0 Å². The summed E-state index contributed by atoms with van der Waals surface area (Å²) in [6, 6.07) is 3.91. The Morgan fingerprint density at radius 1 is 1.40 bits per heavy atom. The van der Waals surface area contributed by atoms with Crippen molar-refractivity contribution in [1.82, 2.24) is 0 Å². The van der Waals surface area contributed by atoms with E-state index < -0.39 is 0 Å². The Labute approximate surface area is 66.8 Å². The van der Waals surface area contributed by atoms with E-state index in [2.05, 4.69) is 12.6 Å². The molecule has 0 aliphatic heterocycles. The molecule has 1 nitrogen and oxygen atoms in total. The van der Waals surface area contributed by atoms with E-state index in [4.69, 9.17) is 4.42 Å². The summed E-state index contributed by atoms with van der Waals surface area (Å²) >= 11 is 4.36.